The van der Waals surface area contributed by atoms with Crippen LogP contribution in [0.2, 0.25) is 5.02 Å². The van der Waals surface area contributed by atoms with Gasteiger partial charge in [0.2, 0.25) is 0 Å². The van der Waals surface area contributed by atoms with Gasteiger partial charge < -0.3 is 14.8 Å². The first-order chi connectivity index (χ1) is 12.5. The Morgan fingerprint density at radius 1 is 1.12 bits per heavy atom. The van der Waals surface area contributed by atoms with E-state index >= 15 is 0 Å². The number of hydrogen-bond donors (Lipinski definition) is 1. The summed E-state index contributed by atoms with van der Waals surface area (Å²) in [7, 11) is 0. The predicted octanol–water partition coefficient (Wildman–Crippen LogP) is 5.51. The fourth-order valence-corrected chi connectivity index (χ4v) is 2.96. The van der Waals surface area contributed by atoms with Crippen molar-refractivity contribution in [2.45, 2.75) is 19.3 Å². The molecule has 0 amide bonds. The van der Waals surface area contributed by atoms with Crippen LogP contribution in [0.15, 0.2) is 36.4 Å². The Labute approximate surface area is 161 Å². The Kier molecular flexibility index (Phi) is 6.27. The first-order valence-corrected chi connectivity index (χ1v) is 9.11. The van der Waals surface area contributed by atoms with Crippen molar-refractivity contribution >= 4 is 28.8 Å². The lowest BCUT2D eigenvalue weighted by molar-refractivity contribution is 0.322. The van der Waals surface area contributed by atoms with Crippen LogP contribution < -0.4 is 14.8 Å². The molecule has 7 heteroatoms. The Hall–Kier alpha value is -1.92. The average molecular weight is 398 g/mol. The summed E-state index contributed by atoms with van der Waals surface area (Å²) in [5, 5.41) is 3.51. The summed E-state index contributed by atoms with van der Waals surface area (Å²) in [4.78, 5) is 0.869. The summed E-state index contributed by atoms with van der Waals surface area (Å²) in [6.45, 7) is 1.02. The highest BCUT2D eigenvalue weighted by Crippen LogP contribution is 2.33. The average Bonchev–Trinajstić information content (AvgIpc) is 3.36. The van der Waals surface area contributed by atoms with E-state index in [0.717, 1.165) is 35.5 Å². The van der Waals surface area contributed by atoms with E-state index in [4.69, 9.17) is 33.3 Å². The number of benzene rings is 2. The van der Waals surface area contributed by atoms with Gasteiger partial charge in [0.05, 0.1) is 10.0 Å². The van der Waals surface area contributed by atoms with Gasteiger partial charge in [-0.3, -0.25) is 0 Å². The molecule has 0 atom stereocenters. The van der Waals surface area contributed by atoms with E-state index < -0.39 is 11.6 Å². The summed E-state index contributed by atoms with van der Waals surface area (Å²) < 4.78 is 37.4. The minimum atomic E-state index is -0.710. The fraction of sp³-hybridized carbons (Fsp3) is 0.316. The maximum absolute atomic E-state index is 13.2. The van der Waals surface area contributed by atoms with Crippen LogP contribution in [0.3, 0.4) is 0 Å². The Morgan fingerprint density at radius 3 is 2.50 bits per heavy atom. The lowest BCUT2D eigenvalue weighted by Gasteiger charge is -2.12. The molecule has 0 aliphatic heterocycles. The number of nitrogens with one attached hydrogen (secondary N) is 1. The quantitative estimate of drug-likeness (QED) is 0.470. The number of rotatable bonds is 8. The highest BCUT2D eigenvalue weighted by molar-refractivity contribution is 7.80. The topological polar surface area (TPSA) is 30.5 Å². The van der Waals surface area contributed by atoms with Gasteiger partial charge in [-0.25, -0.2) is 8.78 Å². The summed E-state index contributed by atoms with van der Waals surface area (Å²) in [6, 6.07) is 7.77. The molecule has 0 heterocycles. The van der Waals surface area contributed by atoms with Gasteiger partial charge in [0, 0.05) is 37.2 Å². The van der Waals surface area contributed by atoms with E-state index in [-0.39, 0.29) is 5.75 Å². The van der Waals surface area contributed by atoms with Gasteiger partial charge in [0.1, 0.15) is 35.5 Å². The van der Waals surface area contributed by atoms with E-state index in [9.17, 15) is 8.78 Å². The molecule has 0 spiro atoms. The van der Waals surface area contributed by atoms with Gasteiger partial charge in [-0.1, -0.05) is 23.8 Å². The van der Waals surface area contributed by atoms with Crippen LogP contribution in [-0.4, -0.2) is 18.1 Å². The molecule has 1 aliphatic carbocycles. The molecule has 0 radical (unpaired) electrons. The van der Waals surface area contributed by atoms with E-state index in [1.807, 2.05) is 0 Å². The standard InChI is InChI=1S/C19H18ClF2NO2S/c20-17-11-15(25-16-9-13(21)8-14(22)10-16)3-4-18(17)24-6-5-23-19(26)7-12-1-2-12/h3-4,8-12H,1-2,5-7H2,(H,23,26). The smallest absolute Gasteiger partial charge is 0.138 e. The summed E-state index contributed by atoms with van der Waals surface area (Å²) >= 11 is 11.4. The van der Waals surface area contributed by atoms with Gasteiger partial charge in [-0.15, -0.1) is 0 Å². The minimum absolute atomic E-state index is 0.0561. The number of halogens is 3. The zero-order valence-electron chi connectivity index (χ0n) is 13.9. The van der Waals surface area contributed by atoms with Crippen molar-refractivity contribution in [1.29, 1.82) is 0 Å². The van der Waals surface area contributed by atoms with Crippen molar-refractivity contribution < 1.29 is 18.3 Å². The molecule has 0 aromatic heterocycles. The first-order valence-electron chi connectivity index (χ1n) is 8.32. The predicted molar refractivity (Wildman–Crippen MR) is 101 cm³/mol. The molecule has 3 nitrogen and oxygen atoms in total. The second-order valence-electron chi connectivity index (χ2n) is 6.15. The first kappa shape index (κ1) is 18.9. The molecule has 0 unspecified atom stereocenters. The normalized spacial score (nSPS) is 13.3. The van der Waals surface area contributed by atoms with Crippen LogP contribution >= 0.6 is 23.8 Å². The summed E-state index contributed by atoms with van der Waals surface area (Å²) in [5.41, 5.74) is 0. The maximum atomic E-state index is 13.2. The van der Waals surface area contributed by atoms with Gasteiger partial charge >= 0.3 is 0 Å². The molecule has 3 rings (SSSR count). The number of thiocarbonyl (C=S) groups is 1. The second kappa shape index (κ2) is 8.64. The molecule has 2 aromatic rings. The van der Waals surface area contributed by atoms with E-state index in [1.165, 1.54) is 18.9 Å². The fourth-order valence-electron chi connectivity index (χ4n) is 2.39. The van der Waals surface area contributed by atoms with Gasteiger partial charge in [0.25, 0.3) is 0 Å². The molecule has 26 heavy (non-hydrogen) atoms. The van der Waals surface area contributed by atoms with Crippen LogP contribution in [-0.2, 0) is 0 Å². The SMILES string of the molecule is Fc1cc(F)cc(Oc2ccc(OCCNC(=S)CC3CC3)c(Cl)c2)c1. The molecule has 0 saturated heterocycles. The third-order valence-electron chi connectivity index (χ3n) is 3.83. The zero-order chi connectivity index (χ0) is 18.5. The molecular formula is C19H18ClF2NO2S. The van der Waals surface area contributed by atoms with E-state index in [1.54, 1.807) is 12.1 Å². The largest absolute Gasteiger partial charge is 0.490 e. The van der Waals surface area contributed by atoms with Crippen molar-refractivity contribution in [3.8, 4) is 17.2 Å². The van der Waals surface area contributed by atoms with Crippen molar-refractivity contribution in [1.82, 2.24) is 5.32 Å². The highest BCUT2D eigenvalue weighted by Gasteiger charge is 2.22. The van der Waals surface area contributed by atoms with Gasteiger partial charge in [-0.05, 0) is 30.9 Å². The van der Waals surface area contributed by atoms with Crippen molar-refractivity contribution in [2.75, 3.05) is 13.2 Å². The Bertz CT molecular complexity index is 779. The highest BCUT2D eigenvalue weighted by atomic mass is 35.5. The lowest BCUT2D eigenvalue weighted by Crippen LogP contribution is -2.26. The molecule has 1 aliphatic rings. The Balaban J connectivity index is 1.49. The van der Waals surface area contributed by atoms with Crippen LogP contribution in [0.25, 0.3) is 0 Å². The minimum Gasteiger partial charge on any atom is -0.490 e. The molecule has 1 N–H and O–H groups in total. The number of hydrogen-bond acceptors (Lipinski definition) is 3. The van der Waals surface area contributed by atoms with Crippen LogP contribution in [0, 0.1) is 17.6 Å². The van der Waals surface area contributed by atoms with Crippen LogP contribution in [0.4, 0.5) is 8.78 Å². The molecule has 2 aromatic carbocycles. The lowest BCUT2D eigenvalue weighted by atomic mass is 10.3. The van der Waals surface area contributed by atoms with Crippen molar-refractivity contribution in [3.63, 3.8) is 0 Å². The van der Waals surface area contributed by atoms with Gasteiger partial charge in [0.15, 0.2) is 0 Å². The van der Waals surface area contributed by atoms with Crippen LogP contribution in [0.1, 0.15) is 19.3 Å². The molecular weight excluding hydrogens is 380 g/mol. The summed E-state index contributed by atoms with van der Waals surface area (Å²) in [5.74, 6) is 0.247. The van der Waals surface area contributed by atoms with E-state index in [0.29, 0.717) is 29.7 Å². The number of ether oxygens (including phenoxy) is 2. The summed E-state index contributed by atoms with van der Waals surface area (Å²) in [6.07, 6.45) is 3.48. The Morgan fingerprint density at radius 2 is 1.85 bits per heavy atom. The zero-order valence-corrected chi connectivity index (χ0v) is 15.5. The monoisotopic (exact) mass is 397 g/mol. The van der Waals surface area contributed by atoms with E-state index in [2.05, 4.69) is 5.32 Å². The van der Waals surface area contributed by atoms with Crippen LogP contribution in [0.5, 0.6) is 17.2 Å². The molecule has 0 bridgehead atoms. The third kappa shape index (κ3) is 5.81. The van der Waals surface area contributed by atoms with Gasteiger partial charge in [-0.2, -0.15) is 0 Å². The molecule has 138 valence electrons. The molecule has 1 fully saturated rings. The molecule has 1 saturated carbocycles. The third-order valence-corrected chi connectivity index (χ3v) is 4.43. The second-order valence-corrected chi connectivity index (χ2v) is 7.05. The van der Waals surface area contributed by atoms with Crippen molar-refractivity contribution in [3.05, 3.63) is 53.1 Å². The maximum Gasteiger partial charge on any atom is 0.138 e. The van der Waals surface area contributed by atoms with Crippen molar-refractivity contribution in [2.24, 2.45) is 5.92 Å².